The van der Waals surface area contributed by atoms with Gasteiger partial charge in [0.25, 0.3) is 0 Å². The van der Waals surface area contributed by atoms with Gasteiger partial charge in [-0.1, -0.05) is 102 Å². The lowest BCUT2D eigenvalue weighted by atomic mass is 9.77. The van der Waals surface area contributed by atoms with Crippen LogP contribution in [0, 0.1) is 23.6 Å². The summed E-state index contributed by atoms with van der Waals surface area (Å²) in [5.41, 5.74) is 4.36. The van der Waals surface area contributed by atoms with Crippen LogP contribution in [0.4, 0.5) is 4.39 Å². The second kappa shape index (κ2) is 12.2. The fraction of sp³-hybridized carbons (Fsp3) is 0.625. The molecule has 2 saturated carbocycles. The first-order chi connectivity index (χ1) is 16.2. The van der Waals surface area contributed by atoms with E-state index in [2.05, 4.69) is 44.2 Å². The van der Waals surface area contributed by atoms with Crippen LogP contribution in [0.2, 0.25) is 0 Å². The molecule has 4 rings (SSSR count). The Kier molecular flexibility index (Phi) is 9.04. The van der Waals surface area contributed by atoms with Gasteiger partial charge < -0.3 is 0 Å². The van der Waals surface area contributed by atoms with Crippen molar-refractivity contribution in [3.8, 4) is 11.1 Å². The molecule has 33 heavy (non-hydrogen) atoms. The van der Waals surface area contributed by atoms with Crippen LogP contribution in [0.3, 0.4) is 0 Å². The first-order valence-electron chi connectivity index (χ1n) is 14.0. The van der Waals surface area contributed by atoms with Crippen LogP contribution in [-0.2, 0) is 6.42 Å². The second-order valence-corrected chi connectivity index (χ2v) is 11.2. The van der Waals surface area contributed by atoms with Gasteiger partial charge in [-0.25, -0.2) is 4.39 Å². The van der Waals surface area contributed by atoms with E-state index in [9.17, 15) is 0 Å². The summed E-state index contributed by atoms with van der Waals surface area (Å²) in [6, 6.07) is 14.7. The van der Waals surface area contributed by atoms with Crippen LogP contribution < -0.4 is 0 Å². The maximum Gasteiger partial charge on any atom is 0.131 e. The Bertz CT molecular complexity index is 835. The van der Waals surface area contributed by atoms with E-state index in [0.29, 0.717) is 5.92 Å². The highest BCUT2D eigenvalue weighted by molar-refractivity contribution is 5.65. The maximum atomic E-state index is 15.1. The van der Waals surface area contributed by atoms with E-state index in [0.717, 1.165) is 35.3 Å². The fourth-order valence-electron chi connectivity index (χ4n) is 6.65. The molecule has 0 heterocycles. The van der Waals surface area contributed by atoms with Gasteiger partial charge in [-0.05, 0) is 85.0 Å². The van der Waals surface area contributed by atoms with Crippen molar-refractivity contribution in [1.29, 1.82) is 0 Å². The Morgan fingerprint density at radius 3 is 1.76 bits per heavy atom. The Morgan fingerprint density at radius 2 is 1.21 bits per heavy atom. The average molecular weight is 449 g/mol. The third-order valence-electron chi connectivity index (χ3n) is 8.78. The Morgan fingerprint density at radius 1 is 0.667 bits per heavy atom. The summed E-state index contributed by atoms with van der Waals surface area (Å²) in [5, 5.41) is 0. The molecule has 0 N–H and O–H groups in total. The van der Waals surface area contributed by atoms with Gasteiger partial charge in [0.05, 0.1) is 0 Å². The van der Waals surface area contributed by atoms with Crippen LogP contribution in [0.1, 0.15) is 114 Å². The number of benzene rings is 2. The molecule has 2 fully saturated rings. The smallest absolute Gasteiger partial charge is 0.131 e. The van der Waals surface area contributed by atoms with Crippen LogP contribution in [0.15, 0.2) is 42.5 Å². The Balaban J connectivity index is 1.30. The van der Waals surface area contributed by atoms with Crippen molar-refractivity contribution < 1.29 is 4.39 Å². The minimum atomic E-state index is -0.0558. The monoisotopic (exact) mass is 448 g/mol. The van der Waals surface area contributed by atoms with E-state index in [1.165, 1.54) is 94.6 Å². The lowest BCUT2D eigenvalue weighted by Gasteiger charge is -2.28. The summed E-state index contributed by atoms with van der Waals surface area (Å²) in [4.78, 5) is 0. The molecular weight excluding hydrogens is 403 g/mol. The number of halogens is 1. The van der Waals surface area contributed by atoms with E-state index < -0.39 is 0 Å². The minimum absolute atomic E-state index is 0.0558. The van der Waals surface area contributed by atoms with Gasteiger partial charge in [0.2, 0.25) is 0 Å². The van der Waals surface area contributed by atoms with Crippen LogP contribution in [-0.4, -0.2) is 0 Å². The van der Waals surface area contributed by atoms with E-state index in [-0.39, 0.29) is 5.82 Å². The molecular formula is C32H45F. The number of aryl methyl sites for hydroxylation is 1. The summed E-state index contributed by atoms with van der Waals surface area (Å²) in [6.07, 6.45) is 18.6. The molecule has 0 unspecified atom stereocenters. The van der Waals surface area contributed by atoms with Crippen LogP contribution in [0.25, 0.3) is 11.1 Å². The second-order valence-electron chi connectivity index (χ2n) is 11.2. The summed E-state index contributed by atoms with van der Waals surface area (Å²) >= 11 is 0. The van der Waals surface area contributed by atoms with E-state index >= 15 is 4.39 Å². The predicted molar refractivity (Wildman–Crippen MR) is 140 cm³/mol. The maximum absolute atomic E-state index is 15.1. The minimum Gasteiger partial charge on any atom is -0.206 e. The first-order valence-corrected chi connectivity index (χ1v) is 14.0. The van der Waals surface area contributed by atoms with Crippen molar-refractivity contribution in [2.75, 3.05) is 0 Å². The van der Waals surface area contributed by atoms with Crippen molar-refractivity contribution in [3.63, 3.8) is 0 Å². The van der Waals surface area contributed by atoms with Gasteiger partial charge in [0.15, 0.2) is 0 Å². The third-order valence-corrected chi connectivity index (χ3v) is 8.78. The average Bonchev–Trinajstić information content (AvgIpc) is 2.85. The molecule has 0 spiro atoms. The van der Waals surface area contributed by atoms with Gasteiger partial charge in [0, 0.05) is 5.56 Å². The highest BCUT2D eigenvalue weighted by Crippen LogP contribution is 2.39. The largest absolute Gasteiger partial charge is 0.206 e. The van der Waals surface area contributed by atoms with Gasteiger partial charge in [-0.2, -0.15) is 0 Å². The van der Waals surface area contributed by atoms with E-state index in [4.69, 9.17) is 0 Å². The van der Waals surface area contributed by atoms with Gasteiger partial charge in [-0.3, -0.25) is 0 Å². The SMILES string of the molecule is CCCC1CCC(CCc2ccc(-c3ccc(C4CCC(CCC)CC4)cc3F)cc2)CC1. The molecule has 0 aliphatic heterocycles. The van der Waals surface area contributed by atoms with Crippen molar-refractivity contribution in [3.05, 3.63) is 59.4 Å². The summed E-state index contributed by atoms with van der Waals surface area (Å²) in [6.45, 7) is 4.60. The lowest BCUT2D eigenvalue weighted by molar-refractivity contribution is 0.252. The van der Waals surface area contributed by atoms with E-state index in [1.807, 2.05) is 12.1 Å². The number of hydrogen-bond donors (Lipinski definition) is 0. The molecule has 0 radical (unpaired) electrons. The zero-order chi connectivity index (χ0) is 23.0. The van der Waals surface area contributed by atoms with Crippen molar-refractivity contribution in [2.24, 2.45) is 17.8 Å². The summed E-state index contributed by atoms with van der Waals surface area (Å²) < 4.78 is 15.1. The van der Waals surface area contributed by atoms with Crippen LogP contribution >= 0.6 is 0 Å². The summed E-state index contributed by atoms with van der Waals surface area (Å²) in [7, 11) is 0. The molecule has 2 aromatic rings. The lowest BCUT2D eigenvalue weighted by Crippen LogP contribution is -2.15. The normalized spacial score (nSPS) is 25.8. The Hall–Kier alpha value is -1.63. The highest BCUT2D eigenvalue weighted by Gasteiger charge is 2.23. The molecule has 2 aliphatic rings. The molecule has 0 amide bonds. The molecule has 2 aromatic carbocycles. The Labute approximate surface area is 202 Å². The molecule has 1 heteroatoms. The molecule has 0 bridgehead atoms. The standard InChI is InChI=1S/C32H45F/c1-3-5-24-7-9-26(10-8-24)11-12-27-15-19-29(20-16-27)31-22-21-30(23-32(31)33)28-17-13-25(6-4-2)14-18-28/h15-16,19-26,28H,3-14,17-18H2,1-2H3. The predicted octanol–water partition coefficient (Wildman–Crippen LogP) is 10.1. The van der Waals surface area contributed by atoms with E-state index in [1.54, 1.807) is 0 Å². The number of rotatable bonds is 9. The molecule has 0 nitrogen and oxygen atoms in total. The van der Waals surface area contributed by atoms with Gasteiger partial charge in [-0.15, -0.1) is 0 Å². The van der Waals surface area contributed by atoms with Crippen molar-refractivity contribution in [2.45, 2.75) is 110 Å². The first kappa shape index (κ1) is 24.5. The molecule has 180 valence electrons. The van der Waals surface area contributed by atoms with Crippen molar-refractivity contribution >= 4 is 0 Å². The zero-order valence-corrected chi connectivity index (χ0v) is 21.1. The topological polar surface area (TPSA) is 0 Å². The number of hydrogen-bond acceptors (Lipinski definition) is 0. The summed E-state index contributed by atoms with van der Waals surface area (Å²) in [5.74, 6) is 3.27. The van der Waals surface area contributed by atoms with Gasteiger partial charge >= 0.3 is 0 Å². The van der Waals surface area contributed by atoms with Crippen molar-refractivity contribution in [1.82, 2.24) is 0 Å². The van der Waals surface area contributed by atoms with Gasteiger partial charge in [0.1, 0.15) is 5.82 Å². The van der Waals surface area contributed by atoms with Crippen LogP contribution in [0.5, 0.6) is 0 Å². The zero-order valence-electron chi connectivity index (χ0n) is 21.1. The third kappa shape index (κ3) is 6.71. The molecule has 0 saturated heterocycles. The molecule has 2 aliphatic carbocycles. The fourth-order valence-corrected chi connectivity index (χ4v) is 6.65. The highest BCUT2D eigenvalue weighted by atomic mass is 19.1. The quantitative estimate of drug-likeness (QED) is 0.358. The molecule has 0 aromatic heterocycles. The molecule has 0 atom stereocenters.